The van der Waals surface area contributed by atoms with E-state index in [4.69, 9.17) is 33.9 Å². The van der Waals surface area contributed by atoms with Crippen molar-refractivity contribution in [2.45, 2.75) is 58.5 Å². The first-order valence-corrected chi connectivity index (χ1v) is 21.5. The first-order chi connectivity index (χ1) is 30.8. The SMILES string of the molecule is COc1ccccc1OCCCCOc1ccc2c3ccccc3n(CCC(=O)O)c2c1.Cc1ccccc1OCCCCOc1ccc2c3ccccc3n(CCC(=O)O)c2c1. The first-order valence-electron chi connectivity index (χ1n) is 21.5. The maximum atomic E-state index is 11.1. The molecule has 2 aromatic heterocycles. The second kappa shape index (κ2) is 21.6. The number of hydrogen-bond acceptors (Lipinski definition) is 7. The lowest BCUT2D eigenvalue weighted by Crippen LogP contribution is -2.05. The number of ether oxygens (including phenoxy) is 5. The molecule has 0 atom stereocenters. The van der Waals surface area contributed by atoms with Crippen LogP contribution in [0.5, 0.6) is 28.7 Å². The minimum absolute atomic E-state index is 0.0745. The van der Waals surface area contributed by atoms with E-state index < -0.39 is 11.9 Å². The number of carboxylic acid groups (broad SMARTS) is 2. The third-order valence-electron chi connectivity index (χ3n) is 10.9. The Morgan fingerprint density at radius 3 is 1.33 bits per heavy atom. The van der Waals surface area contributed by atoms with Gasteiger partial charge in [0.2, 0.25) is 0 Å². The van der Waals surface area contributed by atoms with Crippen LogP contribution < -0.4 is 23.7 Å². The average molecular weight is 851 g/mol. The number of benzene rings is 6. The molecule has 0 fully saturated rings. The number of carboxylic acids is 2. The van der Waals surface area contributed by atoms with Crippen LogP contribution in [0.4, 0.5) is 0 Å². The number of methoxy groups -OCH3 is 1. The van der Waals surface area contributed by atoms with Gasteiger partial charge in [-0.3, -0.25) is 9.59 Å². The van der Waals surface area contributed by atoms with Crippen LogP contribution in [0.2, 0.25) is 0 Å². The van der Waals surface area contributed by atoms with Gasteiger partial charge in [-0.1, -0.05) is 66.7 Å². The highest BCUT2D eigenvalue weighted by molar-refractivity contribution is 6.09. The van der Waals surface area contributed by atoms with Crippen LogP contribution in [0.25, 0.3) is 43.6 Å². The smallest absolute Gasteiger partial charge is 0.305 e. The van der Waals surface area contributed by atoms with Crippen LogP contribution in [-0.2, 0) is 22.7 Å². The van der Waals surface area contributed by atoms with Crippen molar-refractivity contribution in [2.24, 2.45) is 0 Å². The van der Waals surface area contributed by atoms with E-state index in [2.05, 4.69) is 33.4 Å². The summed E-state index contributed by atoms with van der Waals surface area (Å²) >= 11 is 0. The highest BCUT2D eigenvalue weighted by atomic mass is 16.5. The number of aliphatic carboxylic acids is 2. The molecule has 0 aliphatic heterocycles. The fourth-order valence-electron chi connectivity index (χ4n) is 7.74. The van der Waals surface area contributed by atoms with Gasteiger partial charge in [0.15, 0.2) is 11.5 Å². The van der Waals surface area contributed by atoms with E-state index in [1.165, 1.54) is 0 Å². The third kappa shape index (κ3) is 11.2. The summed E-state index contributed by atoms with van der Waals surface area (Å²) in [7, 11) is 1.63. The lowest BCUT2D eigenvalue weighted by molar-refractivity contribution is -0.138. The predicted octanol–water partition coefficient (Wildman–Crippen LogP) is 11.3. The Bertz CT molecular complexity index is 2790. The molecule has 0 saturated carbocycles. The van der Waals surface area contributed by atoms with Crippen LogP contribution in [0.1, 0.15) is 44.1 Å². The van der Waals surface area contributed by atoms with Gasteiger partial charge in [0, 0.05) is 57.8 Å². The number of aromatic nitrogens is 2. The maximum Gasteiger partial charge on any atom is 0.305 e. The van der Waals surface area contributed by atoms with Crippen molar-refractivity contribution in [2.75, 3.05) is 33.5 Å². The van der Waals surface area contributed by atoms with Crippen LogP contribution in [0.3, 0.4) is 0 Å². The first kappa shape index (κ1) is 43.9. The highest BCUT2D eigenvalue weighted by Crippen LogP contribution is 2.34. The molecule has 11 heteroatoms. The van der Waals surface area contributed by atoms with Crippen LogP contribution in [0, 0.1) is 6.92 Å². The number of nitrogens with zero attached hydrogens (tertiary/aromatic N) is 2. The van der Waals surface area contributed by atoms with E-state index in [1.807, 2.05) is 116 Å². The summed E-state index contributed by atoms with van der Waals surface area (Å²) in [6.07, 6.45) is 3.68. The summed E-state index contributed by atoms with van der Waals surface area (Å²) in [6, 6.07) is 43.9. The monoisotopic (exact) mass is 850 g/mol. The van der Waals surface area contributed by atoms with Gasteiger partial charge in [0.1, 0.15) is 17.2 Å². The Hall–Kier alpha value is -7.14. The largest absolute Gasteiger partial charge is 0.494 e. The number of aryl methyl sites for hydroxylation is 3. The molecule has 0 saturated heterocycles. The van der Waals surface area contributed by atoms with Crippen molar-refractivity contribution in [1.29, 1.82) is 0 Å². The normalized spacial score (nSPS) is 11.1. The molecule has 8 rings (SSSR count). The average Bonchev–Trinajstić information content (AvgIpc) is 3.79. The van der Waals surface area contributed by atoms with Gasteiger partial charge in [-0.15, -0.1) is 0 Å². The molecule has 0 unspecified atom stereocenters. The van der Waals surface area contributed by atoms with Crippen molar-refractivity contribution in [3.8, 4) is 28.7 Å². The fourth-order valence-corrected chi connectivity index (χ4v) is 7.74. The molecule has 2 N–H and O–H groups in total. The zero-order valence-corrected chi connectivity index (χ0v) is 35.8. The number of para-hydroxylation sites is 5. The number of rotatable bonds is 21. The molecule has 0 aliphatic carbocycles. The van der Waals surface area contributed by atoms with Crippen molar-refractivity contribution >= 4 is 55.6 Å². The quantitative estimate of drug-likeness (QED) is 0.0678. The molecular formula is C52H54N2O9. The molecule has 6 aromatic carbocycles. The Morgan fingerprint density at radius 1 is 0.460 bits per heavy atom. The van der Waals surface area contributed by atoms with Crippen LogP contribution >= 0.6 is 0 Å². The van der Waals surface area contributed by atoms with Crippen LogP contribution in [0.15, 0.2) is 133 Å². The summed E-state index contributed by atoms with van der Waals surface area (Å²) in [5.41, 5.74) is 5.22. The molecule has 63 heavy (non-hydrogen) atoms. The number of unbranched alkanes of at least 4 members (excludes halogenated alkanes) is 2. The summed E-state index contributed by atoms with van der Waals surface area (Å²) in [5, 5.41) is 22.7. The van der Waals surface area contributed by atoms with Crippen molar-refractivity contribution in [3.05, 3.63) is 139 Å². The van der Waals surface area contributed by atoms with E-state index in [0.29, 0.717) is 39.5 Å². The lowest BCUT2D eigenvalue weighted by Gasteiger charge is -2.11. The molecule has 326 valence electrons. The molecule has 11 nitrogen and oxygen atoms in total. The van der Waals surface area contributed by atoms with E-state index in [1.54, 1.807) is 7.11 Å². The minimum Gasteiger partial charge on any atom is -0.494 e. The number of carbonyl (C=O) groups is 2. The zero-order valence-electron chi connectivity index (χ0n) is 35.8. The molecular weight excluding hydrogens is 797 g/mol. The molecule has 0 spiro atoms. The summed E-state index contributed by atoms with van der Waals surface area (Å²) in [5.74, 6) is 2.38. The highest BCUT2D eigenvalue weighted by Gasteiger charge is 2.14. The van der Waals surface area contributed by atoms with Crippen molar-refractivity contribution < 1.29 is 43.5 Å². The number of fused-ring (bicyclic) bond motifs is 6. The Kier molecular flexibility index (Phi) is 15.1. The van der Waals surface area contributed by atoms with Crippen molar-refractivity contribution in [1.82, 2.24) is 9.13 Å². The second-order valence-corrected chi connectivity index (χ2v) is 15.2. The molecule has 0 amide bonds. The summed E-state index contributed by atoms with van der Waals surface area (Å²) in [6.45, 7) is 5.34. The van der Waals surface area contributed by atoms with Crippen LogP contribution in [-0.4, -0.2) is 64.8 Å². The van der Waals surface area contributed by atoms with Gasteiger partial charge < -0.3 is 43.0 Å². The predicted molar refractivity (Wildman–Crippen MR) is 248 cm³/mol. The Morgan fingerprint density at radius 2 is 0.857 bits per heavy atom. The lowest BCUT2D eigenvalue weighted by atomic mass is 10.1. The van der Waals surface area contributed by atoms with Gasteiger partial charge in [-0.05, 0) is 92.8 Å². The van der Waals surface area contributed by atoms with Crippen molar-refractivity contribution in [3.63, 3.8) is 0 Å². The zero-order chi connectivity index (χ0) is 44.0. The standard InChI is InChI=1S/C26H27NO5.C26H27NO4/c1-30-24-10-4-5-11-25(24)32-17-7-6-16-31-19-12-13-21-20-8-2-3-9-22(20)27(23(21)18-19)15-14-26(28)29;1-19-8-2-5-11-25(19)31-17-7-6-16-30-20-12-13-22-21-9-3-4-10-23(21)27(24(22)18-20)15-14-26(28)29/h2-5,8-13,18H,6-7,14-17H2,1H3,(H,28,29);2-5,8-13,18H,6-7,14-17H2,1H3,(H,28,29). The second-order valence-electron chi connectivity index (χ2n) is 15.2. The molecule has 2 heterocycles. The Labute approximate surface area is 366 Å². The van der Waals surface area contributed by atoms with Gasteiger partial charge in [0.25, 0.3) is 0 Å². The maximum absolute atomic E-state index is 11.1. The summed E-state index contributed by atoms with van der Waals surface area (Å²) in [4.78, 5) is 22.3. The van der Waals surface area contributed by atoms with E-state index in [-0.39, 0.29) is 12.8 Å². The molecule has 0 bridgehead atoms. The topological polar surface area (TPSA) is 131 Å². The van der Waals surface area contributed by atoms with Gasteiger partial charge in [-0.25, -0.2) is 0 Å². The van der Waals surface area contributed by atoms with Gasteiger partial charge in [-0.2, -0.15) is 0 Å². The molecule has 0 aliphatic rings. The summed E-state index contributed by atoms with van der Waals surface area (Å²) < 4.78 is 33.0. The fraction of sp³-hybridized carbons (Fsp3) is 0.269. The van der Waals surface area contributed by atoms with Gasteiger partial charge >= 0.3 is 11.9 Å². The van der Waals surface area contributed by atoms with E-state index in [9.17, 15) is 9.59 Å². The molecule has 0 radical (unpaired) electrons. The Balaban J connectivity index is 0.000000189. The van der Waals surface area contributed by atoms with E-state index >= 15 is 0 Å². The third-order valence-corrected chi connectivity index (χ3v) is 10.9. The molecule has 8 aromatic rings. The number of hydrogen-bond donors (Lipinski definition) is 2. The minimum atomic E-state index is -0.807. The van der Waals surface area contributed by atoms with Gasteiger partial charge in [0.05, 0.1) is 57.4 Å². The van der Waals surface area contributed by atoms with E-state index in [0.717, 1.165) is 104 Å².